The lowest BCUT2D eigenvalue weighted by molar-refractivity contribution is -0.237. The van der Waals surface area contributed by atoms with Crippen LogP contribution >= 0.6 is 9.24 Å². The fourth-order valence-electron chi connectivity index (χ4n) is 0.204. The average molecular weight is 178 g/mol. The number of halogens is 4. The molecule has 0 aliphatic rings. The zero-order chi connectivity index (χ0) is 8.62. The third-order valence-electron chi connectivity index (χ3n) is 0.558. The van der Waals surface area contributed by atoms with Gasteiger partial charge in [-0.25, -0.2) is 0 Å². The highest BCUT2D eigenvalue weighted by Gasteiger charge is 2.24. The smallest absolute Gasteiger partial charge is 0.140 e. The van der Waals surface area contributed by atoms with Gasteiger partial charge in [-0.05, 0) is 6.16 Å². The van der Waals surface area contributed by atoms with Gasteiger partial charge in [0, 0.05) is 0 Å². The number of unbranched alkanes of at least 4 members (excludes halogenated alkanes) is 1. The maximum Gasteiger partial charge on any atom is 0.559 e. The van der Waals surface area contributed by atoms with Crippen LogP contribution in [0.4, 0.5) is 17.6 Å². The van der Waals surface area contributed by atoms with E-state index in [0.717, 1.165) is 0 Å². The molecule has 0 N–H and O–H groups in total. The first-order chi connectivity index (χ1) is 4.41. The summed E-state index contributed by atoms with van der Waals surface area (Å²) < 4.78 is 38.8. The van der Waals surface area contributed by atoms with Crippen LogP contribution in [-0.2, 0) is 0 Å². The van der Waals surface area contributed by atoms with E-state index in [1.807, 2.05) is 0 Å². The van der Waals surface area contributed by atoms with E-state index < -0.39 is 6.43 Å². The van der Waals surface area contributed by atoms with Crippen LogP contribution in [0.25, 0.3) is 0 Å². The van der Waals surface area contributed by atoms with E-state index in [2.05, 4.69) is 16.2 Å². The van der Waals surface area contributed by atoms with Crippen molar-refractivity contribution in [2.75, 3.05) is 6.16 Å². The van der Waals surface area contributed by atoms with Gasteiger partial charge in [0.15, 0.2) is 0 Å². The number of hydrogen-bond donors (Lipinski definition) is 0. The highest BCUT2D eigenvalue weighted by molar-refractivity contribution is 7.16. The maximum atomic E-state index is 9.69. The Balaban J connectivity index is 0. The van der Waals surface area contributed by atoms with Crippen molar-refractivity contribution in [1.82, 2.24) is 0 Å². The lowest BCUT2D eigenvalue weighted by atomic mass is 10.4. The third kappa shape index (κ3) is 90.1. The molecule has 0 saturated heterocycles. The molecule has 0 bridgehead atoms. The van der Waals surface area contributed by atoms with Crippen LogP contribution in [0.2, 0.25) is 0 Å². The Morgan fingerprint density at radius 3 is 1.50 bits per heavy atom. The Bertz CT molecular complexity index is 53.2. The van der Waals surface area contributed by atoms with Crippen molar-refractivity contribution in [2.24, 2.45) is 0 Å². The molecule has 0 amide bonds. The second-order valence-corrected chi connectivity index (χ2v) is 2.15. The number of rotatable bonds is 2. The standard InChI is InChI=1S/C4H11P.CF4/c1-2-3-4-5;2-1(3,4)5/h2-5H2,1H3;. The van der Waals surface area contributed by atoms with E-state index in [4.69, 9.17) is 0 Å². The zero-order valence-corrected chi connectivity index (χ0v) is 6.87. The molecule has 1 unspecified atom stereocenters. The predicted octanol–water partition coefficient (Wildman–Crippen LogP) is 3.14. The first-order valence-electron chi connectivity index (χ1n) is 2.87. The molecule has 1 atom stereocenters. The maximum absolute atomic E-state index is 9.69. The molecule has 0 rings (SSSR count). The van der Waals surface area contributed by atoms with Gasteiger partial charge in [0.1, 0.15) is 0 Å². The fraction of sp³-hybridized carbons (Fsp3) is 1.00. The van der Waals surface area contributed by atoms with Gasteiger partial charge in [-0.1, -0.05) is 19.8 Å². The van der Waals surface area contributed by atoms with E-state index in [1.165, 1.54) is 19.0 Å². The van der Waals surface area contributed by atoms with E-state index in [-0.39, 0.29) is 0 Å². The van der Waals surface area contributed by atoms with Gasteiger partial charge in [-0.3, -0.25) is 0 Å². The molecular formula is C5H11F4P. The molecule has 0 fully saturated rings. The van der Waals surface area contributed by atoms with Gasteiger partial charge in [0.25, 0.3) is 0 Å². The summed E-state index contributed by atoms with van der Waals surface area (Å²) in [6.07, 6.45) is -1.56. The summed E-state index contributed by atoms with van der Waals surface area (Å²) in [5, 5.41) is 0. The van der Waals surface area contributed by atoms with E-state index >= 15 is 0 Å². The molecule has 0 aliphatic carbocycles. The molecule has 0 aromatic carbocycles. The molecule has 64 valence electrons. The summed E-state index contributed by atoms with van der Waals surface area (Å²) in [4.78, 5) is 0. The van der Waals surface area contributed by atoms with Gasteiger partial charge < -0.3 is 0 Å². The minimum Gasteiger partial charge on any atom is -0.140 e. The summed E-state index contributed by atoms with van der Waals surface area (Å²) in [6.45, 7) is 2.20. The van der Waals surface area contributed by atoms with Crippen molar-refractivity contribution >= 4 is 9.24 Å². The Morgan fingerprint density at radius 2 is 1.50 bits per heavy atom. The first-order valence-corrected chi connectivity index (χ1v) is 3.69. The second-order valence-electron chi connectivity index (χ2n) is 1.57. The summed E-state index contributed by atoms with van der Waals surface area (Å²) in [5.41, 5.74) is 0. The minimum atomic E-state index is -5.50. The van der Waals surface area contributed by atoms with Gasteiger partial charge in [0.2, 0.25) is 0 Å². The summed E-state index contributed by atoms with van der Waals surface area (Å²) >= 11 is 0. The highest BCUT2D eigenvalue weighted by Crippen LogP contribution is 2.13. The molecule has 10 heavy (non-hydrogen) atoms. The predicted molar refractivity (Wildman–Crippen MR) is 36.6 cm³/mol. The lowest BCUT2D eigenvalue weighted by Gasteiger charge is -1.82. The van der Waals surface area contributed by atoms with Crippen molar-refractivity contribution < 1.29 is 17.6 Å². The molecule has 0 aromatic rings. The van der Waals surface area contributed by atoms with Crippen LogP contribution in [0.1, 0.15) is 19.8 Å². The molecule has 0 aromatic heterocycles. The molecule has 0 aliphatic heterocycles. The summed E-state index contributed by atoms with van der Waals surface area (Å²) in [7, 11) is 2.70. The van der Waals surface area contributed by atoms with Crippen LogP contribution in [-0.4, -0.2) is 12.6 Å². The minimum absolute atomic E-state index is 1.26. The van der Waals surface area contributed by atoms with Crippen molar-refractivity contribution in [3.05, 3.63) is 0 Å². The van der Waals surface area contributed by atoms with Crippen molar-refractivity contribution in [1.29, 1.82) is 0 Å². The Hall–Kier alpha value is 0.150. The van der Waals surface area contributed by atoms with Crippen molar-refractivity contribution in [3.8, 4) is 0 Å². The average Bonchev–Trinajstić information content (AvgIpc) is 1.63. The number of hydrogen-bond acceptors (Lipinski definition) is 0. The Morgan fingerprint density at radius 1 is 1.20 bits per heavy atom. The van der Waals surface area contributed by atoms with Crippen LogP contribution in [0.5, 0.6) is 0 Å². The first kappa shape index (κ1) is 12.8. The van der Waals surface area contributed by atoms with Crippen LogP contribution in [0.15, 0.2) is 0 Å². The molecule has 0 spiro atoms. The molecule has 0 saturated carbocycles. The van der Waals surface area contributed by atoms with E-state index in [1.54, 1.807) is 0 Å². The Kier molecular flexibility index (Phi) is 9.29. The SMILES string of the molecule is CCCCP.FC(F)(F)F. The molecule has 0 nitrogen and oxygen atoms in total. The van der Waals surface area contributed by atoms with Crippen molar-refractivity contribution in [2.45, 2.75) is 26.2 Å². The molecular weight excluding hydrogens is 167 g/mol. The van der Waals surface area contributed by atoms with E-state index in [9.17, 15) is 17.6 Å². The summed E-state index contributed by atoms with van der Waals surface area (Å²) in [6, 6.07) is 0. The van der Waals surface area contributed by atoms with Gasteiger partial charge in [-0.2, -0.15) is 0 Å². The van der Waals surface area contributed by atoms with E-state index in [0.29, 0.717) is 0 Å². The van der Waals surface area contributed by atoms with Crippen LogP contribution in [0, 0.1) is 0 Å². The molecule has 5 heteroatoms. The van der Waals surface area contributed by atoms with Gasteiger partial charge >= 0.3 is 6.43 Å². The monoisotopic (exact) mass is 178 g/mol. The largest absolute Gasteiger partial charge is 0.559 e. The topological polar surface area (TPSA) is 0 Å². The lowest BCUT2D eigenvalue weighted by Crippen LogP contribution is -1.92. The quantitative estimate of drug-likeness (QED) is 0.450. The highest BCUT2D eigenvalue weighted by atomic mass is 31.0. The summed E-state index contributed by atoms with van der Waals surface area (Å²) in [5.74, 6) is 0. The van der Waals surface area contributed by atoms with Crippen LogP contribution < -0.4 is 0 Å². The van der Waals surface area contributed by atoms with Crippen molar-refractivity contribution in [3.63, 3.8) is 0 Å². The van der Waals surface area contributed by atoms with Gasteiger partial charge in [0.05, 0.1) is 0 Å². The normalized spacial score (nSPS) is 10.2. The Labute approximate surface area is 60.2 Å². The fourth-order valence-corrected chi connectivity index (χ4v) is 0.612. The van der Waals surface area contributed by atoms with Gasteiger partial charge in [-0.15, -0.1) is 26.8 Å². The molecule has 0 radical (unpaired) electrons. The zero-order valence-electron chi connectivity index (χ0n) is 5.71. The number of alkyl halides is 4. The molecule has 0 heterocycles. The third-order valence-corrected chi connectivity index (χ3v) is 0.966. The second kappa shape index (κ2) is 7.26. The van der Waals surface area contributed by atoms with Crippen LogP contribution in [0.3, 0.4) is 0 Å².